The van der Waals surface area contributed by atoms with Crippen LogP contribution in [0.2, 0.25) is 0 Å². The highest BCUT2D eigenvalue weighted by atomic mass is 15.5. The Morgan fingerprint density at radius 1 is 0.262 bits per heavy atom. The molecule has 0 heterocycles. The molecule has 8 rings (SSSR count). The first-order valence-electron chi connectivity index (χ1n) is 21.0. The predicted molar refractivity (Wildman–Crippen MR) is 259 cm³/mol. The van der Waals surface area contributed by atoms with E-state index in [4.69, 9.17) is 10.2 Å². The number of hydrogen-bond donors (Lipinski definition) is 0. The Kier molecular flexibility index (Phi) is 13.7. The molecule has 0 unspecified atom stereocenters. The predicted octanol–water partition coefficient (Wildman–Crippen LogP) is 14.2. The summed E-state index contributed by atoms with van der Waals surface area (Å²) in [7, 11) is 0. The lowest BCUT2D eigenvalue weighted by Gasteiger charge is -2.25. The van der Waals surface area contributed by atoms with Gasteiger partial charge in [-0.3, -0.25) is 10.0 Å². The van der Waals surface area contributed by atoms with Gasteiger partial charge in [0.1, 0.15) is 0 Å². The molecular formula is C55H50N6. The van der Waals surface area contributed by atoms with Crippen LogP contribution in [0.3, 0.4) is 0 Å². The van der Waals surface area contributed by atoms with Crippen molar-refractivity contribution < 1.29 is 0 Å². The number of unbranched alkanes of at least 4 members (excludes halogenated alkanes) is 2. The lowest BCUT2D eigenvalue weighted by atomic mass is 10.1. The van der Waals surface area contributed by atoms with Gasteiger partial charge in [-0.25, -0.2) is 0 Å². The summed E-state index contributed by atoms with van der Waals surface area (Å²) < 4.78 is 0. The summed E-state index contributed by atoms with van der Waals surface area (Å²) in [4.78, 5) is 4.54. The first-order valence-corrected chi connectivity index (χ1v) is 21.0. The van der Waals surface area contributed by atoms with Crippen LogP contribution >= 0.6 is 0 Å². The van der Waals surface area contributed by atoms with Crippen LogP contribution in [-0.2, 0) is 0 Å². The van der Waals surface area contributed by atoms with E-state index >= 15 is 0 Å². The SMILES string of the molecule is C(=NN(CCCCCN(N=Cc1ccc(N(c2ccccc2)c2ccccc2)cc1)c1ccccc1)c1ccccc1)c1ccc(N(c2ccccc2)c2ccccc2)cc1. The highest BCUT2D eigenvalue weighted by molar-refractivity contribution is 5.84. The van der Waals surface area contributed by atoms with Gasteiger partial charge in [-0.2, -0.15) is 10.2 Å². The second kappa shape index (κ2) is 20.8. The molecule has 0 saturated carbocycles. The van der Waals surface area contributed by atoms with E-state index in [1.165, 1.54) is 0 Å². The molecule has 8 aromatic rings. The van der Waals surface area contributed by atoms with Crippen molar-refractivity contribution in [3.8, 4) is 0 Å². The van der Waals surface area contributed by atoms with E-state index in [-0.39, 0.29) is 0 Å². The van der Waals surface area contributed by atoms with Crippen molar-refractivity contribution in [1.82, 2.24) is 0 Å². The van der Waals surface area contributed by atoms with Crippen molar-refractivity contribution in [1.29, 1.82) is 0 Å². The Balaban J connectivity index is 0.907. The summed E-state index contributed by atoms with van der Waals surface area (Å²) >= 11 is 0. The third-order valence-electron chi connectivity index (χ3n) is 10.4. The van der Waals surface area contributed by atoms with Crippen molar-refractivity contribution in [2.24, 2.45) is 10.2 Å². The van der Waals surface area contributed by atoms with Crippen LogP contribution in [0, 0.1) is 0 Å². The summed E-state index contributed by atoms with van der Waals surface area (Å²) in [6.45, 7) is 1.61. The minimum atomic E-state index is 0.804. The summed E-state index contributed by atoms with van der Waals surface area (Å²) in [6.07, 6.45) is 6.93. The first-order chi connectivity index (χ1) is 30.3. The number of hydrazone groups is 2. The zero-order valence-electron chi connectivity index (χ0n) is 34.3. The van der Waals surface area contributed by atoms with Crippen LogP contribution in [0.15, 0.2) is 241 Å². The van der Waals surface area contributed by atoms with Crippen LogP contribution in [0.5, 0.6) is 0 Å². The second-order valence-electron chi connectivity index (χ2n) is 14.7. The van der Waals surface area contributed by atoms with Gasteiger partial charge < -0.3 is 9.80 Å². The molecule has 6 heteroatoms. The number of rotatable bonds is 18. The van der Waals surface area contributed by atoms with E-state index in [0.29, 0.717) is 0 Å². The smallest absolute Gasteiger partial charge is 0.0593 e. The molecule has 0 N–H and O–H groups in total. The Bertz CT molecular complexity index is 2270. The molecule has 0 bridgehead atoms. The van der Waals surface area contributed by atoms with Crippen LogP contribution in [0.1, 0.15) is 30.4 Å². The van der Waals surface area contributed by atoms with Gasteiger partial charge in [0.15, 0.2) is 0 Å². The van der Waals surface area contributed by atoms with Gasteiger partial charge in [0, 0.05) is 47.2 Å². The van der Waals surface area contributed by atoms with Gasteiger partial charge in [0.25, 0.3) is 0 Å². The summed E-state index contributed by atoms with van der Waals surface area (Å²) in [5, 5.41) is 14.2. The van der Waals surface area contributed by atoms with Crippen molar-refractivity contribution in [2.75, 3.05) is 32.9 Å². The molecule has 0 saturated heterocycles. The van der Waals surface area contributed by atoms with E-state index < -0.39 is 0 Å². The van der Waals surface area contributed by atoms with Crippen LogP contribution in [0.25, 0.3) is 0 Å². The molecule has 6 nitrogen and oxygen atoms in total. The highest BCUT2D eigenvalue weighted by Crippen LogP contribution is 2.35. The number of nitrogens with zero attached hydrogens (tertiary/aromatic N) is 6. The molecule has 0 aliphatic heterocycles. The molecule has 0 aliphatic carbocycles. The van der Waals surface area contributed by atoms with Crippen molar-refractivity contribution in [3.05, 3.63) is 242 Å². The van der Waals surface area contributed by atoms with E-state index in [2.05, 4.69) is 214 Å². The second-order valence-corrected chi connectivity index (χ2v) is 14.7. The monoisotopic (exact) mass is 794 g/mol. The summed E-state index contributed by atoms with van der Waals surface area (Å²) in [5.41, 5.74) is 10.9. The minimum Gasteiger partial charge on any atom is -0.311 e. The Labute approximate surface area is 360 Å². The molecule has 0 fully saturated rings. The average molecular weight is 795 g/mol. The van der Waals surface area contributed by atoms with Crippen molar-refractivity contribution >= 4 is 57.9 Å². The number of anilines is 8. The van der Waals surface area contributed by atoms with Gasteiger partial charge in [-0.05, 0) is 127 Å². The van der Waals surface area contributed by atoms with E-state index in [1.54, 1.807) is 0 Å². The zero-order valence-corrected chi connectivity index (χ0v) is 34.3. The van der Waals surface area contributed by atoms with Crippen LogP contribution in [-0.4, -0.2) is 25.5 Å². The van der Waals surface area contributed by atoms with E-state index in [1.807, 2.05) is 48.8 Å². The lowest BCUT2D eigenvalue weighted by Crippen LogP contribution is -2.20. The summed E-state index contributed by atoms with van der Waals surface area (Å²) in [6, 6.07) is 80.0. The molecule has 0 aliphatic rings. The average Bonchev–Trinajstić information content (AvgIpc) is 3.34. The lowest BCUT2D eigenvalue weighted by molar-refractivity contribution is 0.648. The zero-order chi connectivity index (χ0) is 41.3. The van der Waals surface area contributed by atoms with Crippen LogP contribution in [0.4, 0.5) is 45.5 Å². The van der Waals surface area contributed by atoms with Gasteiger partial charge in [0.2, 0.25) is 0 Å². The number of hydrogen-bond acceptors (Lipinski definition) is 6. The highest BCUT2D eigenvalue weighted by Gasteiger charge is 2.13. The topological polar surface area (TPSA) is 37.7 Å². The molecule has 0 spiro atoms. The normalized spacial score (nSPS) is 11.1. The molecule has 300 valence electrons. The third kappa shape index (κ3) is 10.9. The molecule has 0 amide bonds. The Hall–Kier alpha value is -7.70. The maximum absolute atomic E-state index is 5.01. The first kappa shape index (κ1) is 40.1. The fourth-order valence-electron chi connectivity index (χ4n) is 7.30. The molecule has 0 radical (unpaired) electrons. The maximum Gasteiger partial charge on any atom is 0.0593 e. The third-order valence-corrected chi connectivity index (χ3v) is 10.4. The molecule has 0 aromatic heterocycles. The fourth-order valence-corrected chi connectivity index (χ4v) is 7.30. The van der Waals surface area contributed by atoms with E-state index in [0.717, 1.165) is 89.0 Å². The maximum atomic E-state index is 5.01. The van der Waals surface area contributed by atoms with Gasteiger partial charge in [-0.15, -0.1) is 0 Å². The summed E-state index contributed by atoms with van der Waals surface area (Å²) in [5.74, 6) is 0. The minimum absolute atomic E-state index is 0.804. The van der Waals surface area contributed by atoms with Crippen molar-refractivity contribution in [2.45, 2.75) is 19.3 Å². The molecule has 61 heavy (non-hydrogen) atoms. The van der Waals surface area contributed by atoms with Crippen molar-refractivity contribution in [3.63, 3.8) is 0 Å². The quantitative estimate of drug-likeness (QED) is 0.0493. The van der Waals surface area contributed by atoms with E-state index in [9.17, 15) is 0 Å². The molecule has 8 aromatic carbocycles. The van der Waals surface area contributed by atoms with Gasteiger partial charge >= 0.3 is 0 Å². The largest absolute Gasteiger partial charge is 0.311 e. The standard InChI is InChI=1S/C55H50N6/c1-8-22-48(23-9-1)58(56-44-46-34-38-54(39-35-46)60(50-26-12-3-13-27-50)51-28-14-4-15-29-51)42-20-7-21-43-59(49-24-10-2-11-25-49)57-45-47-36-40-55(41-37-47)61(52-30-16-5-17-31-52)53-32-18-6-19-33-53/h1-6,8-19,22-41,44-45H,7,20-21,42-43H2. The Morgan fingerprint density at radius 3 is 0.787 bits per heavy atom. The molecule has 0 atom stereocenters. The number of para-hydroxylation sites is 6. The number of benzene rings is 8. The van der Waals surface area contributed by atoms with Gasteiger partial charge in [0.05, 0.1) is 23.8 Å². The fraction of sp³-hybridized carbons (Fsp3) is 0.0909. The molecular weight excluding hydrogens is 745 g/mol. The Morgan fingerprint density at radius 2 is 0.508 bits per heavy atom. The van der Waals surface area contributed by atoms with Crippen LogP contribution < -0.4 is 19.8 Å². The van der Waals surface area contributed by atoms with Gasteiger partial charge in [-0.1, -0.05) is 133 Å².